The van der Waals surface area contributed by atoms with Crippen molar-refractivity contribution < 1.29 is 56.6 Å². The Hall–Kier alpha value is -0.150. The van der Waals surface area contributed by atoms with Gasteiger partial charge in [0.25, 0.3) is 0 Å². The maximum absolute atomic E-state index is 8.74. The first kappa shape index (κ1) is 28.1. The molecule has 1 atom stereocenters. The molecule has 0 aliphatic rings. The zero-order valence-corrected chi connectivity index (χ0v) is 19.8. The molecule has 0 amide bonds. The van der Waals surface area contributed by atoms with Crippen LogP contribution in [0.1, 0.15) is 53.5 Å². The van der Waals surface area contributed by atoms with E-state index in [0.29, 0.717) is 12.0 Å². The van der Waals surface area contributed by atoms with Gasteiger partial charge >= 0.3 is 40.0 Å². The molecule has 0 bridgehead atoms. The van der Waals surface area contributed by atoms with Gasteiger partial charge in [-0.25, -0.2) is 0 Å². The van der Waals surface area contributed by atoms with Crippen molar-refractivity contribution in [2.24, 2.45) is 5.41 Å². The molecule has 0 aliphatic carbocycles. The number of benzene rings is 1. The first-order valence-corrected chi connectivity index (χ1v) is 9.45. The third-order valence-electron chi connectivity index (χ3n) is 3.23. The van der Waals surface area contributed by atoms with Gasteiger partial charge in [-0.05, 0) is 41.9 Å². The largest absolute Gasteiger partial charge is 1.00 e. The Kier molecular flexibility index (Phi) is 12.6. The fourth-order valence-electron chi connectivity index (χ4n) is 2.78. The van der Waals surface area contributed by atoms with Gasteiger partial charge in [0.1, 0.15) is 5.75 Å². The molecule has 26 heavy (non-hydrogen) atoms. The average Bonchev–Trinajstić information content (AvgIpc) is 2.34. The second-order valence-electron chi connectivity index (χ2n) is 7.60. The van der Waals surface area contributed by atoms with Crippen LogP contribution in [0.5, 0.6) is 5.75 Å². The fraction of sp³-hybridized carbons (Fsp3) is 0.611. The Balaban J connectivity index is 0. The van der Waals surface area contributed by atoms with Crippen LogP contribution >= 0.6 is 0 Å². The van der Waals surface area contributed by atoms with Gasteiger partial charge in [-0.1, -0.05) is 46.8 Å². The summed E-state index contributed by atoms with van der Waals surface area (Å²) in [4.78, 5) is 0. The van der Waals surface area contributed by atoms with Gasteiger partial charge in [0.2, 0.25) is 0 Å². The molecule has 0 saturated heterocycles. The standard InChI is InChI=1S/C18H29O2.Na.H2O4S/c1-8-19-14(2)20-16-11-9-15(10-12-16)18(6,7)13-17(3,4)5;;1-5(2,3)4/h9-12,14H,2,8,13H2,1,3-7H3;;(H2,1,2,3,4)/q-1;+1;. The molecule has 1 aromatic carbocycles. The summed E-state index contributed by atoms with van der Waals surface area (Å²) in [6.07, 6.45) is 0.685. The van der Waals surface area contributed by atoms with Crippen LogP contribution in [-0.2, 0) is 20.6 Å². The van der Waals surface area contributed by atoms with Crippen molar-refractivity contribution in [1.82, 2.24) is 0 Å². The third kappa shape index (κ3) is 15.0. The molecular formula is C18H31NaO6S. The van der Waals surface area contributed by atoms with E-state index in [1.54, 1.807) is 0 Å². The SMILES string of the molecule is O=S(=O)(O)O.[CH2-]C(OCC)Oc1ccc(C(C)(C)CC(C)(C)C)cc1.[Na+]. The van der Waals surface area contributed by atoms with Gasteiger partial charge in [0.15, 0.2) is 0 Å². The van der Waals surface area contributed by atoms with Gasteiger partial charge in [0, 0.05) is 6.61 Å². The van der Waals surface area contributed by atoms with Crippen molar-refractivity contribution in [3.05, 3.63) is 36.8 Å². The first-order valence-electron chi connectivity index (χ1n) is 8.06. The van der Waals surface area contributed by atoms with Crippen molar-refractivity contribution in [3.63, 3.8) is 0 Å². The normalized spacial score (nSPS) is 13.1. The van der Waals surface area contributed by atoms with Gasteiger partial charge in [-0.3, -0.25) is 16.0 Å². The minimum atomic E-state index is -4.67. The number of ether oxygens (including phenoxy) is 2. The van der Waals surface area contributed by atoms with Gasteiger partial charge in [-0.15, -0.1) is 0 Å². The van der Waals surface area contributed by atoms with Crippen molar-refractivity contribution in [3.8, 4) is 5.75 Å². The third-order valence-corrected chi connectivity index (χ3v) is 3.23. The summed E-state index contributed by atoms with van der Waals surface area (Å²) in [5.41, 5.74) is 1.80. The molecule has 8 heteroatoms. The zero-order valence-electron chi connectivity index (χ0n) is 16.9. The Morgan fingerprint density at radius 1 is 1.08 bits per heavy atom. The molecule has 1 rings (SSSR count). The summed E-state index contributed by atoms with van der Waals surface area (Å²) in [7, 11) is -4.67. The minimum Gasteiger partial charge on any atom is -0.496 e. The number of hydrogen-bond acceptors (Lipinski definition) is 4. The van der Waals surface area contributed by atoms with Gasteiger partial charge in [-0.2, -0.15) is 8.42 Å². The van der Waals surface area contributed by atoms with Crippen LogP contribution in [0.4, 0.5) is 0 Å². The average molecular weight is 398 g/mol. The minimum absolute atomic E-state index is 0. The molecule has 0 fully saturated rings. The van der Waals surface area contributed by atoms with Crippen molar-refractivity contribution in [1.29, 1.82) is 0 Å². The molecule has 1 aromatic rings. The predicted octanol–water partition coefficient (Wildman–Crippen LogP) is 1.33. The maximum atomic E-state index is 8.74. The smallest absolute Gasteiger partial charge is 0.496 e. The van der Waals surface area contributed by atoms with Crippen LogP contribution in [0, 0.1) is 12.3 Å². The Labute approximate surface area is 180 Å². The van der Waals surface area contributed by atoms with Crippen LogP contribution in [0.3, 0.4) is 0 Å². The maximum Gasteiger partial charge on any atom is 1.00 e. The monoisotopic (exact) mass is 398 g/mol. The van der Waals surface area contributed by atoms with Crippen LogP contribution in [0.25, 0.3) is 0 Å². The molecule has 1 unspecified atom stereocenters. The Bertz CT molecular complexity index is 598. The molecule has 0 spiro atoms. The van der Waals surface area contributed by atoms with E-state index in [1.165, 1.54) is 5.56 Å². The van der Waals surface area contributed by atoms with E-state index in [4.69, 9.17) is 27.0 Å². The van der Waals surface area contributed by atoms with Crippen LogP contribution in [0.2, 0.25) is 0 Å². The Morgan fingerprint density at radius 2 is 1.50 bits per heavy atom. The zero-order chi connectivity index (χ0) is 19.9. The quantitative estimate of drug-likeness (QED) is 0.325. The van der Waals surface area contributed by atoms with E-state index >= 15 is 0 Å². The van der Waals surface area contributed by atoms with E-state index in [-0.39, 0.29) is 35.0 Å². The topological polar surface area (TPSA) is 93.1 Å². The van der Waals surface area contributed by atoms with Crippen LogP contribution in [-0.4, -0.2) is 30.4 Å². The van der Waals surface area contributed by atoms with Crippen molar-refractivity contribution >= 4 is 10.4 Å². The summed E-state index contributed by atoms with van der Waals surface area (Å²) in [6.45, 7) is 17.7. The molecule has 0 aromatic heterocycles. The van der Waals surface area contributed by atoms with E-state index < -0.39 is 16.7 Å². The van der Waals surface area contributed by atoms with E-state index in [1.807, 2.05) is 19.1 Å². The summed E-state index contributed by atoms with van der Waals surface area (Å²) < 4.78 is 42.4. The first-order chi connectivity index (χ1) is 11.1. The second-order valence-corrected chi connectivity index (χ2v) is 8.49. The van der Waals surface area contributed by atoms with Crippen molar-refractivity contribution in [2.45, 2.75) is 59.7 Å². The Morgan fingerprint density at radius 3 is 1.85 bits per heavy atom. The van der Waals surface area contributed by atoms with E-state index in [9.17, 15) is 0 Å². The van der Waals surface area contributed by atoms with E-state index in [0.717, 1.165) is 12.2 Å². The molecule has 0 saturated carbocycles. The molecule has 0 aliphatic heterocycles. The molecule has 0 radical (unpaired) electrons. The van der Waals surface area contributed by atoms with Gasteiger partial charge < -0.3 is 9.47 Å². The predicted molar refractivity (Wildman–Crippen MR) is 99.1 cm³/mol. The summed E-state index contributed by atoms with van der Waals surface area (Å²) in [6, 6.07) is 8.27. The molecule has 146 valence electrons. The second kappa shape index (κ2) is 11.6. The number of rotatable bonds is 6. The molecule has 0 heterocycles. The fourth-order valence-corrected chi connectivity index (χ4v) is 2.78. The molecular weight excluding hydrogens is 367 g/mol. The van der Waals surface area contributed by atoms with E-state index in [2.05, 4.69) is 53.7 Å². The van der Waals surface area contributed by atoms with Crippen LogP contribution in [0.15, 0.2) is 24.3 Å². The van der Waals surface area contributed by atoms with Crippen molar-refractivity contribution in [2.75, 3.05) is 6.61 Å². The number of hydrogen-bond donors (Lipinski definition) is 2. The summed E-state index contributed by atoms with van der Waals surface area (Å²) in [5, 5.41) is 0. The van der Waals surface area contributed by atoms with Gasteiger partial charge in [0.05, 0.1) is 6.29 Å². The summed E-state index contributed by atoms with van der Waals surface area (Å²) >= 11 is 0. The summed E-state index contributed by atoms with van der Waals surface area (Å²) in [5.74, 6) is 0.800. The van der Waals surface area contributed by atoms with Crippen LogP contribution < -0.4 is 34.3 Å². The molecule has 6 nitrogen and oxygen atoms in total. The molecule has 2 N–H and O–H groups in total.